The van der Waals surface area contributed by atoms with Gasteiger partial charge in [-0.1, -0.05) is 29.8 Å². The van der Waals surface area contributed by atoms with Crippen molar-refractivity contribution in [3.8, 4) is 5.75 Å². The fraction of sp³-hybridized carbons (Fsp3) is 0.120. The van der Waals surface area contributed by atoms with Gasteiger partial charge < -0.3 is 26.2 Å². The third-order valence-electron chi connectivity index (χ3n) is 4.87. The number of carbonyl (C=O) groups excluding carboxylic acids is 3. The number of carboxylic acids is 1. The summed E-state index contributed by atoms with van der Waals surface area (Å²) in [6.07, 6.45) is 2.86. The molecule has 1 atom stereocenters. The monoisotopic (exact) mass is 527 g/mol. The Morgan fingerprint density at radius 2 is 1.81 bits per heavy atom. The summed E-state index contributed by atoms with van der Waals surface area (Å²) in [5, 5.41) is 28.2. The highest BCUT2D eigenvalue weighted by Gasteiger charge is 2.23. The lowest BCUT2D eigenvalue weighted by atomic mass is 10.1. The highest BCUT2D eigenvalue weighted by Crippen LogP contribution is 2.19. The van der Waals surface area contributed by atoms with E-state index >= 15 is 0 Å². The van der Waals surface area contributed by atoms with Crippen LogP contribution in [0.1, 0.15) is 31.2 Å². The first-order chi connectivity index (χ1) is 17.2. The van der Waals surface area contributed by atoms with E-state index in [4.69, 9.17) is 11.6 Å². The van der Waals surface area contributed by atoms with Crippen molar-refractivity contribution in [1.29, 1.82) is 0 Å². The number of halogens is 1. The molecule has 3 rings (SSSR count). The third kappa shape index (κ3) is 7.69. The van der Waals surface area contributed by atoms with Crippen LogP contribution in [0.5, 0.6) is 5.75 Å². The first kappa shape index (κ1) is 26.5. The van der Waals surface area contributed by atoms with Crippen molar-refractivity contribution in [2.75, 3.05) is 6.54 Å². The Bertz CT molecular complexity index is 1290. The zero-order valence-electron chi connectivity index (χ0n) is 18.7. The Morgan fingerprint density at radius 1 is 1.00 bits per heavy atom. The zero-order valence-corrected chi connectivity index (χ0v) is 20.3. The summed E-state index contributed by atoms with van der Waals surface area (Å²) in [6.45, 7) is -0.177. The summed E-state index contributed by atoms with van der Waals surface area (Å²) in [6, 6.07) is 12.7. The van der Waals surface area contributed by atoms with Gasteiger partial charge in [0.25, 0.3) is 11.8 Å². The number of carbonyl (C=O) groups is 4. The van der Waals surface area contributed by atoms with E-state index in [0.717, 1.165) is 4.88 Å². The molecule has 3 amide bonds. The van der Waals surface area contributed by atoms with Crippen molar-refractivity contribution in [3.05, 3.63) is 92.6 Å². The van der Waals surface area contributed by atoms with Crippen LogP contribution in [0.3, 0.4) is 0 Å². The van der Waals surface area contributed by atoms with Gasteiger partial charge in [0.1, 0.15) is 11.8 Å². The molecular formula is C25H22ClN3O6S. The summed E-state index contributed by atoms with van der Waals surface area (Å²) >= 11 is 7.63. The van der Waals surface area contributed by atoms with Crippen molar-refractivity contribution in [2.24, 2.45) is 0 Å². The van der Waals surface area contributed by atoms with Crippen molar-refractivity contribution >= 4 is 52.7 Å². The molecule has 3 aromatic rings. The van der Waals surface area contributed by atoms with Gasteiger partial charge in [-0.15, -0.1) is 11.3 Å². The van der Waals surface area contributed by atoms with Gasteiger partial charge in [0.2, 0.25) is 5.91 Å². The van der Waals surface area contributed by atoms with Crippen LogP contribution >= 0.6 is 22.9 Å². The molecule has 1 aromatic heterocycles. The molecule has 0 radical (unpaired) electrons. The van der Waals surface area contributed by atoms with Gasteiger partial charge in [0.05, 0.1) is 10.6 Å². The highest BCUT2D eigenvalue weighted by atomic mass is 35.5. The maximum absolute atomic E-state index is 12.6. The lowest BCUT2D eigenvalue weighted by Gasteiger charge is -2.15. The second kappa shape index (κ2) is 12.5. The van der Waals surface area contributed by atoms with Gasteiger partial charge in [-0.05, 0) is 53.4 Å². The average Bonchev–Trinajstić information content (AvgIpc) is 3.37. The number of amides is 3. The lowest BCUT2D eigenvalue weighted by Crippen LogP contribution is -2.48. The minimum atomic E-state index is -1.40. The summed E-state index contributed by atoms with van der Waals surface area (Å²) in [4.78, 5) is 49.5. The first-order valence-corrected chi connectivity index (χ1v) is 11.9. The van der Waals surface area contributed by atoms with Crippen LogP contribution in [0.25, 0.3) is 6.08 Å². The summed E-state index contributed by atoms with van der Waals surface area (Å²) < 4.78 is 0. The van der Waals surface area contributed by atoms with Gasteiger partial charge in [0, 0.05) is 29.6 Å². The molecule has 186 valence electrons. The van der Waals surface area contributed by atoms with E-state index in [1.54, 1.807) is 18.2 Å². The van der Waals surface area contributed by atoms with Gasteiger partial charge >= 0.3 is 5.97 Å². The van der Waals surface area contributed by atoms with Gasteiger partial charge in [-0.3, -0.25) is 14.4 Å². The Morgan fingerprint density at radius 3 is 2.47 bits per heavy atom. The third-order valence-corrected chi connectivity index (χ3v) is 6.02. The normalized spacial score (nSPS) is 11.6. The summed E-state index contributed by atoms with van der Waals surface area (Å²) in [5.74, 6) is -3.00. The Balaban J connectivity index is 1.57. The molecule has 0 saturated heterocycles. The standard InChI is InChI=1S/C25H22ClN3O6S/c26-20-12-16(23(32)28-13-15-3-1-4-17(30)11-15)6-8-19(20)24(33)29-21(25(34)35)14-27-22(31)9-7-18-5-2-10-36-18/h1-12,21,30H,13-14H2,(H,27,31)(H,28,32)(H,29,33)(H,34,35)/t21-/m0/s1. The first-order valence-electron chi connectivity index (χ1n) is 10.6. The zero-order chi connectivity index (χ0) is 26.1. The maximum atomic E-state index is 12.6. The average molecular weight is 528 g/mol. The summed E-state index contributed by atoms with van der Waals surface area (Å²) in [5.41, 5.74) is 0.854. The molecule has 0 fully saturated rings. The molecule has 0 aliphatic carbocycles. The molecular weight excluding hydrogens is 506 g/mol. The van der Waals surface area contributed by atoms with Crippen molar-refractivity contribution in [3.63, 3.8) is 0 Å². The van der Waals surface area contributed by atoms with Crippen LogP contribution in [0.15, 0.2) is 66.1 Å². The number of aromatic hydroxyl groups is 1. The van der Waals surface area contributed by atoms with Crippen LogP contribution in [-0.2, 0) is 16.1 Å². The Labute approximate surface area is 215 Å². The van der Waals surface area contributed by atoms with E-state index < -0.39 is 29.7 Å². The van der Waals surface area contributed by atoms with Crippen molar-refractivity contribution in [2.45, 2.75) is 12.6 Å². The summed E-state index contributed by atoms with van der Waals surface area (Å²) in [7, 11) is 0. The van der Waals surface area contributed by atoms with Gasteiger partial charge in [-0.25, -0.2) is 4.79 Å². The number of benzene rings is 2. The van der Waals surface area contributed by atoms with Crippen LogP contribution in [-0.4, -0.2) is 46.5 Å². The highest BCUT2D eigenvalue weighted by molar-refractivity contribution is 7.10. The van der Waals surface area contributed by atoms with Crippen LogP contribution in [0.2, 0.25) is 5.02 Å². The van der Waals surface area contributed by atoms with E-state index in [-0.39, 0.29) is 35.0 Å². The van der Waals surface area contributed by atoms with Crippen LogP contribution in [0.4, 0.5) is 0 Å². The number of phenols is 1. The molecule has 0 unspecified atom stereocenters. The van der Waals surface area contributed by atoms with E-state index in [1.165, 1.54) is 47.7 Å². The Hall–Kier alpha value is -4.15. The maximum Gasteiger partial charge on any atom is 0.328 e. The van der Waals surface area contributed by atoms with E-state index in [0.29, 0.717) is 5.56 Å². The quantitative estimate of drug-likeness (QED) is 0.256. The smallest absolute Gasteiger partial charge is 0.328 e. The number of hydrogen-bond acceptors (Lipinski definition) is 6. The minimum Gasteiger partial charge on any atom is -0.508 e. The molecule has 0 saturated carbocycles. The van der Waals surface area contributed by atoms with Gasteiger partial charge in [0.15, 0.2) is 0 Å². The molecule has 0 bridgehead atoms. The molecule has 5 N–H and O–H groups in total. The molecule has 1 heterocycles. The number of phenolic OH excluding ortho intramolecular Hbond substituents is 1. The molecule has 0 aliphatic rings. The van der Waals surface area contributed by atoms with Crippen LogP contribution in [0, 0.1) is 0 Å². The molecule has 0 spiro atoms. The largest absolute Gasteiger partial charge is 0.508 e. The predicted molar refractivity (Wildman–Crippen MR) is 136 cm³/mol. The second-order valence-electron chi connectivity index (χ2n) is 7.51. The van der Waals surface area contributed by atoms with E-state index in [1.807, 2.05) is 17.5 Å². The SMILES string of the molecule is O=C(C=Cc1cccs1)NC[C@H](NC(=O)c1ccc(C(=O)NCc2cccc(O)c2)cc1Cl)C(=O)O. The lowest BCUT2D eigenvalue weighted by molar-refractivity contribution is -0.139. The number of hydrogen-bond donors (Lipinski definition) is 5. The van der Waals surface area contributed by atoms with Crippen molar-refractivity contribution < 1.29 is 29.4 Å². The molecule has 2 aromatic carbocycles. The molecule has 36 heavy (non-hydrogen) atoms. The number of rotatable bonds is 10. The Kier molecular flexibility index (Phi) is 9.20. The predicted octanol–water partition coefficient (Wildman–Crippen LogP) is 3.05. The number of nitrogens with one attached hydrogen (secondary N) is 3. The minimum absolute atomic E-state index is 0.0311. The molecule has 0 aliphatic heterocycles. The second-order valence-corrected chi connectivity index (χ2v) is 8.89. The van der Waals surface area contributed by atoms with E-state index in [9.17, 15) is 29.4 Å². The van der Waals surface area contributed by atoms with Crippen LogP contribution < -0.4 is 16.0 Å². The van der Waals surface area contributed by atoms with E-state index in [2.05, 4.69) is 16.0 Å². The van der Waals surface area contributed by atoms with Crippen molar-refractivity contribution in [1.82, 2.24) is 16.0 Å². The molecule has 9 nitrogen and oxygen atoms in total. The fourth-order valence-electron chi connectivity index (χ4n) is 3.03. The molecule has 11 heteroatoms. The number of carboxylic acid groups (broad SMARTS) is 1. The fourth-order valence-corrected chi connectivity index (χ4v) is 3.92. The number of aliphatic carboxylic acids is 1. The van der Waals surface area contributed by atoms with Gasteiger partial charge in [-0.2, -0.15) is 0 Å². The topological polar surface area (TPSA) is 145 Å². The number of thiophene rings is 1.